The zero-order valence-electron chi connectivity index (χ0n) is 15.2. The Morgan fingerprint density at radius 2 is 1.33 bits per heavy atom. The molecule has 3 aromatic carbocycles. The van der Waals surface area contributed by atoms with Gasteiger partial charge < -0.3 is 9.64 Å². The van der Waals surface area contributed by atoms with Crippen molar-refractivity contribution in [2.75, 3.05) is 11.4 Å². The minimum atomic E-state index is -0.182. The normalized spacial score (nSPS) is 16.5. The third-order valence-corrected chi connectivity index (χ3v) is 5.42. The van der Waals surface area contributed by atoms with Gasteiger partial charge in [0.15, 0.2) is 5.05 Å². The molecule has 136 valence electrons. The molecule has 0 spiro atoms. The highest BCUT2D eigenvalue weighted by atomic mass is 32.1. The maximum absolute atomic E-state index is 6.45. The Labute approximate surface area is 166 Å². The minimum Gasteiger partial charge on any atom is -0.472 e. The molecule has 0 aromatic heterocycles. The molecule has 0 aliphatic carbocycles. The highest BCUT2D eigenvalue weighted by molar-refractivity contribution is 7.80. The average Bonchev–Trinajstić information content (AvgIpc) is 3.24. The van der Waals surface area contributed by atoms with Crippen LogP contribution >= 0.6 is 12.2 Å². The maximum Gasteiger partial charge on any atom is 0.183 e. The molecule has 0 amide bonds. The maximum atomic E-state index is 6.45. The Morgan fingerprint density at radius 3 is 1.89 bits per heavy atom. The number of para-hydroxylation sites is 1. The van der Waals surface area contributed by atoms with E-state index >= 15 is 0 Å². The number of hydrogen-bond donors (Lipinski definition) is 0. The Bertz CT molecular complexity index is 827. The third-order valence-electron chi connectivity index (χ3n) is 5.05. The molecule has 1 aliphatic rings. The predicted octanol–water partition coefficient (Wildman–Crippen LogP) is 5.79. The largest absolute Gasteiger partial charge is 0.472 e. The molecule has 0 N–H and O–H groups in total. The molecule has 1 fully saturated rings. The first-order valence-corrected chi connectivity index (χ1v) is 9.86. The van der Waals surface area contributed by atoms with E-state index in [1.165, 1.54) is 5.69 Å². The molecule has 27 heavy (non-hydrogen) atoms. The second kappa shape index (κ2) is 8.36. The Morgan fingerprint density at radius 1 is 0.815 bits per heavy atom. The van der Waals surface area contributed by atoms with Crippen molar-refractivity contribution in [3.05, 3.63) is 102 Å². The summed E-state index contributed by atoms with van der Waals surface area (Å²) in [5, 5.41) is 0.675. The monoisotopic (exact) mass is 373 g/mol. The standard InChI is InChI=1S/C24H23NOS/c27-24(22-17-10-18-25(22)21-15-8-3-9-16-21)26-23(19-11-4-1-5-12-19)20-13-6-2-7-14-20/h1-9,11-16,22-23H,10,17-18H2/t22-/m0/s1. The van der Waals surface area contributed by atoms with E-state index in [0.29, 0.717) is 5.05 Å². The van der Waals surface area contributed by atoms with Gasteiger partial charge >= 0.3 is 0 Å². The van der Waals surface area contributed by atoms with Crippen LogP contribution in [0.4, 0.5) is 5.69 Å². The van der Waals surface area contributed by atoms with Crippen LogP contribution in [0.1, 0.15) is 30.1 Å². The SMILES string of the molecule is S=C(OC(c1ccccc1)c1ccccc1)[C@@H]1CCCN1c1ccccc1. The molecular formula is C24H23NOS. The van der Waals surface area contributed by atoms with Crippen molar-refractivity contribution in [1.82, 2.24) is 0 Å². The van der Waals surface area contributed by atoms with E-state index in [-0.39, 0.29) is 12.1 Å². The number of thiocarbonyl (C=S) groups is 1. The van der Waals surface area contributed by atoms with Crippen molar-refractivity contribution in [3.63, 3.8) is 0 Å². The molecule has 2 nitrogen and oxygen atoms in total. The van der Waals surface area contributed by atoms with E-state index in [0.717, 1.165) is 30.5 Å². The first-order valence-electron chi connectivity index (χ1n) is 9.45. The molecule has 3 heteroatoms. The van der Waals surface area contributed by atoms with E-state index in [1.807, 2.05) is 42.5 Å². The Balaban J connectivity index is 1.58. The average molecular weight is 374 g/mol. The summed E-state index contributed by atoms with van der Waals surface area (Å²) in [4.78, 5) is 2.37. The fourth-order valence-corrected chi connectivity index (χ4v) is 4.06. The van der Waals surface area contributed by atoms with E-state index in [9.17, 15) is 0 Å². The first kappa shape index (κ1) is 17.7. The summed E-state index contributed by atoms with van der Waals surface area (Å²) in [5.41, 5.74) is 3.45. The van der Waals surface area contributed by atoms with E-state index in [1.54, 1.807) is 0 Å². The highest BCUT2D eigenvalue weighted by Crippen LogP contribution is 2.31. The van der Waals surface area contributed by atoms with Gasteiger partial charge in [0.05, 0.1) is 6.04 Å². The molecule has 4 rings (SSSR count). The number of nitrogens with zero attached hydrogens (tertiary/aromatic N) is 1. The quantitative estimate of drug-likeness (QED) is 0.525. The lowest BCUT2D eigenvalue weighted by atomic mass is 10.0. The van der Waals surface area contributed by atoms with Crippen LogP contribution in [0.3, 0.4) is 0 Å². The van der Waals surface area contributed by atoms with Gasteiger partial charge in [-0.15, -0.1) is 0 Å². The molecule has 0 bridgehead atoms. The van der Waals surface area contributed by atoms with Crippen LogP contribution in [0.2, 0.25) is 0 Å². The topological polar surface area (TPSA) is 12.5 Å². The second-order valence-electron chi connectivity index (χ2n) is 6.83. The van der Waals surface area contributed by atoms with Gasteiger partial charge in [0.2, 0.25) is 0 Å². The van der Waals surface area contributed by atoms with Crippen molar-refractivity contribution >= 4 is 23.0 Å². The molecule has 1 saturated heterocycles. The molecule has 1 aliphatic heterocycles. The van der Waals surface area contributed by atoms with Gasteiger partial charge in [-0.2, -0.15) is 0 Å². The lowest BCUT2D eigenvalue weighted by Crippen LogP contribution is -2.37. The van der Waals surface area contributed by atoms with Crippen LogP contribution in [-0.2, 0) is 4.74 Å². The van der Waals surface area contributed by atoms with Gasteiger partial charge in [-0.1, -0.05) is 78.9 Å². The van der Waals surface area contributed by atoms with Crippen LogP contribution < -0.4 is 4.90 Å². The number of benzene rings is 3. The van der Waals surface area contributed by atoms with Crippen molar-refractivity contribution in [2.45, 2.75) is 25.0 Å². The van der Waals surface area contributed by atoms with Crippen LogP contribution in [0, 0.1) is 0 Å². The predicted molar refractivity (Wildman–Crippen MR) is 115 cm³/mol. The van der Waals surface area contributed by atoms with Gasteiger partial charge in [0, 0.05) is 12.2 Å². The van der Waals surface area contributed by atoms with Crippen molar-refractivity contribution < 1.29 is 4.74 Å². The van der Waals surface area contributed by atoms with E-state index < -0.39 is 0 Å². The zero-order chi connectivity index (χ0) is 18.5. The van der Waals surface area contributed by atoms with Crippen molar-refractivity contribution in [3.8, 4) is 0 Å². The van der Waals surface area contributed by atoms with Crippen molar-refractivity contribution in [1.29, 1.82) is 0 Å². The zero-order valence-corrected chi connectivity index (χ0v) is 16.0. The number of hydrogen-bond acceptors (Lipinski definition) is 3. The summed E-state index contributed by atoms with van der Waals surface area (Å²) in [6.07, 6.45) is 1.98. The fraction of sp³-hybridized carbons (Fsp3) is 0.208. The molecule has 1 heterocycles. The van der Waals surface area contributed by atoms with E-state index in [4.69, 9.17) is 17.0 Å². The molecular weight excluding hydrogens is 350 g/mol. The fourth-order valence-electron chi connectivity index (χ4n) is 3.72. The van der Waals surface area contributed by atoms with Crippen LogP contribution in [0.15, 0.2) is 91.0 Å². The van der Waals surface area contributed by atoms with Crippen molar-refractivity contribution in [2.24, 2.45) is 0 Å². The molecule has 0 radical (unpaired) electrons. The summed E-state index contributed by atoms with van der Waals surface area (Å²) in [6, 6.07) is 31.3. The highest BCUT2D eigenvalue weighted by Gasteiger charge is 2.31. The third kappa shape index (κ3) is 4.04. The summed E-state index contributed by atoms with van der Waals surface area (Å²) < 4.78 is 6.45. The Kier molecular flexibility index (Phi) is 5.50. The number of anilines is 1. The van der Waals surface area contributed by atoms with Gasteiger partial charge in [-0.05, 0) is 48.3 Å². The van der Waals surface area contributed by atoms with E-state index in [2.05, 4.69) is 53.4 Å². The van der Waals surface area contributed by atoms with Gasteiger partial charge in [0.1, 0.15) is 6.10 Å². The van der Waals surface area contributed by atoms with Gasteiger partial charge in [-0.3, -0.25) is 0 Å². The van der Waals surface area contributed by atoms with Gasteiger partial charge in [0.25, 0.3) is 0 Å². The molecule has 0 saturated carbocycles. The summed E-state index contributed by atoms with van der Waals surface area (Å²) in [5.74, 6) is 0. The molecule has 3 aromatic rings. The van der Waals surface area contributed by atoms with Gasteiger partial charge in [-0.25, -0.2) is 0 Å². The summed E-state index contributed by atoms with van der Waals surface area (Å²) >= 11 is 5.80. The first-order chi connectivity index (χ1) is 13.3. The summed E-state index contributed by atoms with van der Waals surface area (Å²) in [6.45, 7) is 1.01. The van der Waals surface area contributed by atoms with Crippen LogP contribution in [0.25, 0.3) is 0 Å². The molecule has 1 atom stereocenters. The second-order valence-corrected chi connectivity index (χ2v) is 7.23. The smallest absolute Gasteiger partial charge is 0.183 e. The summed E-state index contributed by atoms with van der Waals surface area (Å²) in [7, 11) is 0. The lowest BCUT2D eigenvalue weighted by molar-refractivity contribution is 0.230. The Hall–Kier alpha value is -2.65. The number of ether oxygens (including phenoxy) is 1. The number of rotatable bonds is 5. The minimum absolute atomic E-state index is 0.136. The van der Waals surface area contributed by atoms with Crippen LogP contribution in [0.5, 0.6) is 0 Å². The van der Waals surface area contributed by atoms with Crippen LogP contribution in [-0.4, -0.2) is 17.6 Å². The lowest BCUT2D eigenvalue weighted by Gasteiger charge is -2.29. The molecule has 0 unspecified atom stereocenters.